The van der Waals surface area contributed by atoms with Gasteiger partial charge in [0.1, 0.15) is 0 Å². The molecule has 0 spiro atoms. The van der Waals surface area contributed by atoms with Crippen molar-refractivity contribution in [2.24, 2.45) is 0 Å². The molecule has 0 unspecified atom stereocenters. The van der Waals surface area contributed by atoms with Crippen molar-refractivity contribution >= 4 is 31.5 Å². The minimum absolute atomic E-state index is 1.05. The molecule has 0 bridgehead atoms. The van der Waals surface area contributed by atoms with Gasteiger partial charge in [0.25, 0.3) is 0 Å². The number of rotatable bonds is 1. The first-order chi connectivity index (χ1) is 9.84. The predicted octanol–water partition coefficient (Wildman–Crippen LogP) is 5.42. The van der Waals surface area contributed by atoms with Gasteiger partial charge in [0.05, 0.1) is 5.69 Å². The topological polar surface area (TPSA) is 12.9 Å². The summed E-state index contributed by atoms with van der Waals surface area (Å²) in [5, 5.41) is 2.72. The summed E-state index contributed by atoms with van der Waals surface area (Å²) in [6.45, 7) is 2.18. The van der Waals surface area contributed by atoms with Gasteiger partial charge in [-0.05, 0) is 30.7 Å². The van der Waals surface area contributed by atoms with Crippen LogP contribution in [0.5, 0.6) is 0 Å². The van der Waals surface area contributed by atoms with Gasteiger partial charge >= 0.3 is 0 Å². The molecule has 4 aromatic rings. The minimum Gasteiger partial charge on any atom is -0.256 e. The highest BCUT2D eigenvalue weighted by atomic mass is 32.1. The maximum absolute atomic E-state index is 4.51. The van der Waals surface area contributed by atoms with Gasteiger partial charge < -0.3 is 0 Å². The summed E-state index contributed by atoms with van der Waals surface area (Å²) >= 11 is 1.86. The zero-order chi connectivity index (χ0) is 13.5. The number of benzene rings is 2. The Balaban J connectivity index is 2.16. The largest absolute Gasteiger partial charge is 0.256 e. The van der Waals surface area contributed by atoms with Gasteiger partial charge in [0.2, 0.25) is 0 Å². The fourth-order valence-corrected chi connectivity index (χ4v) is 4.02. The van der Waals surface area contributed by atoms with Gasteiger partial charge in [0.15, 0.2) is 0 Å². The van der Waals surface area contributed by atoms with Crippen LogP contribution < -0.4 is 0 Å². The van der Waals surface area contributed by atoms with E-state index in [4.69, 9.17) is 0 Å². The lowest BCUT2D eigenvalue weighted by Gasteiger charge is -2.04. The molecule has 0 saturated heterocycles. The van der Waals surface area contributed by atoms with Gasteiger partial charge in [-0.25, -0.2) is 0 Å². The Morgan fingerprint density at radius 3 is 2.60 bits per heavy atom. The van der Waals surface area contributed by atoms with E-state index in [0.717, 1.165) is 5.69 Å². The zero-order valence-electron chi connectivity index (χ0n) is 11.1. The van der Waals surface area contributed by atoms with Gasteiger partial charge in [-0.15, -0.1) is 11.3 Å². The molecule has 0 aliphatic rings. The van der Waals surface area contributed by atoms with Crippen molar-refractivity contribution in [2.45, 2.75) is 6.92 Å². The average molecular weight is 275 g/mol. The summed E-state index contributed by atoms with van der Waals surface area (Å²) in [5.41, 5.74) is 3.61. The number of aryl methyl sites for hydroxylation is 1. The van der Waals surface area contributed by atoms with Gasteiger partial charge in [-0.1, -0.05) is 36.4 Å². The maximum Gasteiger partial charge on any atom is 0.0716 e. The predicted molar refractivity (Wildman–Crippen MR) is 87.3 cm³/mol. The average Bonchev–Trinajstić information content (AvgIpc) is 2.88. The molecule has 4 rings (SSSR count). The fraction of sp³-hybridized carbons (Fsp3) is 0.0556. The molecule has 2 heterocycles. The molecule has 96 valence electrons. The van der Waals surface area contributed by atoms with E-state index >= 15 is 0 Å². The summed E-state index contributed by atoms with van der Waals surface area (Å²) in [4.78, 5) is 4.51. The third-order valence-corrected chi connectivity index (χ3v) is 4.88. The van der Waals surface area contributed by atoms with Crippen LogP contribution in [-0.4, -0.2) is 4.98 Å². The second-order valence-corrected chi connectivity index (χ2v) is 6.00. The quantitative estimate of drug-likeness (QED) is 0.451. The lowest BCUT2D eigenvalue weighted by atomic mass is 10.0. The Labute approximate surface area is 121 Å². The summed E-state index contributed by atoms with van der Waals surface area (Å²) < 4.78 is 2.68. The van der Waals surface area contributed by atoms with Crippen molar-refractivity contribution in [3.8, 4) is 11.3 Å². The van der Waals surface area contributed by atoms with Crippen LogP contribution in [0.3, 0.4) is 0 Å². The van der Waals surface area contributed by atoms with Crippen LogP contribution in [-0.2, 0) is 0 Å². The van der Waals surface area contributed by atoms with E-state index in [-0.39, 0.29) is 0 Å². The van der Waals surface area contributed by atoms with Crippen LogP contribution in [0, 0.1) is 6.92 Å². The first-order valence-corrected chi connectivity index (χ1v) is 7.48. The molecule has 2 aromatic heterocycles. The molecule has 0 atom stereocenters. The van der Waals surface area contributed by atoms with Crippen LogP contribution in [0.15, 0.2) is 60.8 Å². The van der Waals surface area contributed by atoms with Gasteiger partial charge in [-0.2, -0.15) is 0 Å². The lowest BCUT2D eigenvalue weighted by Crippen LogP contribution is -1.83. The molecule has 0 N–H and O–H groups in total. The Morgan fingerprint density at radius 1 is 0.900 bits per heavy atom. The summed E-state index contributed by atoms with van der Waals surface area (Å²) in [6, 6.07) is 19.1. The molecular weight excluding hydrogens is 262 g/mol. The summed E-state index contributed by atoms with van der Waals surface area (Å²) in [7, 11) is 0. The third-order valence-electron chi connectivity index (χ3n) is 3.68. The van der Waals surface area contributed by atoms with E-state index < -0.39 is 0 Å². The highest BCUT2D eigenvalue weighted by Crippen LogP contribution is 2.40. The number of aromatic nitrogens is 1. The fourth-order valence-electron chi connectivity index (χ4n) is 2.72. The molecule has 0 aliphatic carbocycles. The minimum atomic E-state index is 1.05. The van der Waals surface area contributed by atoms with E-state index in [1.165, 1.54) is 31.3 Å². The standard InChI is InChI=1S/C18H13NS/c1-12-9-10-13(15-7-4-5-11-19-15)18-17(12)14-6-2-3-8-16(14)20-18/h2-11H,1H3. The third kappa shape index (κ3) is 1.65. The Bertz CT molecular complexity index is 907. The van der Waals surface area contributed by atoms with Gasteiger partial charge in [0, 0.05) is 31.9 Å². The molecule has 0 saturated carbocycles. The van der Waals surface area contributed by atoms with Crippen LogP contribution in [0.2, 0.25) is 0 Å². The number of fused-ring (bicyclic) bond motifs is 3. The Kier molecular flexibility index (Phi) is 2.57. The van der Waals surface area contributed by atoms with Crippen molar-refractivity contribution in [1.82, 2.24) is 4.98 Å². The molecular formula is C18H13NS. The lowest BCUT2D eigenvalue weighted by molar-refractivity contribution is 1.33. The smallest absolute Gasteiger partial charge is 0.0716 e. The number of nitrogens with zero attached hydrogens (tertiary/aromatic N) is 1. The normalized spacial score (nSPS) is 11.2. The van der Waals surface area contributed by atoms with Crippen molar-refractivity contribution in [2.75, 3.05) is 0 Å². The first-order valence-electron chi connectivity index (χ1n) is 6.67. The molecule has 0 fully saturated rings. The first kappa shape index (κ1) is 11.6. The monoisotopic (exact) mass is 275 g/mol. The molecule has 0 radical (unpaired) electrons. The Morgan fingerprint density at radius 2 is 1.75 bits per heavy atom. The summed E-state index contributed by atoms with van der Waals surface area (Å²) in [5.74, 6) is 0. The number of hydrogen-bond acceptors (Lipinski definition) is 2. The number of pyridine rings is 1. The molecule has 2 aromatic carbocycles. The van der Waals surface area contributed by atoms with Crippen LogP contribution in [0.25, 0.3) is 31.4 Å². The SMILES string of the molecule is Cc1ccc(-c2ccccn2)c2sc3ccccc3c12. The highest BCUT2D eigenvalue weighted by molar-refractivity contribution is 7.26. The van der Waals surface area contributed by atoms with E-state index in [1.807, 2.05) is 29.7 Å². The molecule has 20 heavy (non-hydrogen) atoms. The van der Waals surface area contributed by atoms with Crippen molar-refractivity contribution < 1.29 is 0 Å². The summed E-state index contributed by atoms with van der Waals surface area (Å²) in [6.07, 6.45) is 1.86. The molecule has 0 aliphatic heterocycles. The number of thiophene rings is 1. The Hall–Kier alpha value is -2.19. The molecule has 2 heteroatoms. The van der Waals surface area contributed by atoms with Crippen LogP contribution in [0.1, 0.15) is 5.56 Å². The second-order valence-electron chi connectivity index (χ2n) is 4.95. The second kappa shape index (κ2) is 4.43. The van der Waals surface area contributed by atoms with Crippen LogP contribution in [0.4, 0.5) is 0 Å². The van der Waals surface area contributed by atoms with E-state index in [1.54, 1.807) is 0 Å². The van der Waals surface area contributed by atoms with E-state index in [2.05, 4.69) is 54.4 Å². The van der Waals surface area contributed by atoms with E-state index in [0.29, 0.717) is 0 Å². The zero-order valence-corrected chi connectivity index (χ0v) is 11.9. The maximum atomic E-state index is 4.51. The molecule has 0 amide bonds. The van der Waals surface area contributed by atoms with Crippen molar-refractivity contribution in [3.63, 3.8) is 0 Å². The molecule has 1 nitrogen and oxygen atoms in total. The van der Waals surface area contributed by atoms with E-state index in [9.17, 15) is 0 Å². The number of hydrogen-bond donors (Lipinski definition) is 0. The van der Waals surface area contributed by atoms with Crippen molar-refractivity contribution in [1.29, 1.82) is 0 Å². The van der Waals surface area contributed by atoms with Crippen LogP contribution >= 0.6 is 11.3 Å². The highest BCUT2D eigenvalue weighted by Gasteiger charge is 2.12. The van der Waals surface area contributed by atoms with Crippen molar-refractivity contribution in [3.05, 3.63) is 66.4 Å². The van der Waals surface area contributed by atoms with Gasteiger partial charge in [-0.3, -0.25) is 4.98 Å².